The molecule has 108 valence electrons. The highest BCUT2D eigenvalue weighted by Crippen LogP contribution is 2.26. The van der Waals surface area contributed by atoms with Gasteiger partial charge in [-0.3, -0.25) is 9.78 Å². The largest absolute Gasteiger partial charge is 0.497 e. The highest BCUT2D eigenvalue weighted by molar-refractivity contribution is 6.34. The third-order valence-corrected chi connectivity index (χ3v) is 2.99. The fraction of sp³-hybridized carbons (Fsp3) is 0.0714. The number of methoxy groups -OCH3 is 1. The standard InChI is InChI=1S/C14H11ClN2O4/c1-21-9-3-4-10(15)12(6-9)17-13(18)11-5-2-8(7-16-11)14(19)20/h2-7H,1H3,(H,17,18)(H,19,20). The molecule has 0 saturated carbocycles. The first-order chi connectivity index (χ1) is 10.0. The van der Waals surface area contributed by atoms with E-state index in [2.05, 4.69) is 10.3 Å². The summed E-state index contributed by atoms with van der Waals surface area (Å²) in [7, 11) is 1.50. The minimum absolute atomic E-state index is 0.00552. The second-order valence-corrected chi connectivity index (χ2v) is 4.44. The van der Waals surface area contributed by atoms with Crippen molar-refractivity contribution in [2.45, 2.75) is 0 Å². The second-order valence-electron chi connectivity index (χ2n) is 4.04. The minimum Gasteiger partial charge on any atom is -0.497 e. The number of carboxylic acids is 1. The molecule has 0 bridgehead atoms. The van der Waals surface area contributed by atoms with Crippen LogP contribution >= 0.6 is 11.6 Å². The molecular weight excluding hydrogens is 296 g/mol. The van der Waals surface area contributed by atoms with Crippen molar-refractivity contribution in [2.75, 3.05) is 12.4 Å². The maximum atomic E-state index is 12.0. The predicted octanol–water partition coefficient (Wildman–Crippen LogP) is 2.69. The lowest BCUT2D eigenvalue weighted by Gasteiger charge is -2.08. The molecule has 0 aliphatic carbocycles. The summed E-state index contributed by atoms with van der Waals surface area (Å²) >= 11 is 5.98. The Morgan fingerprint density at radius 1 is 1.29 bits per heavy atom. The maximum absolute atomic E-state index is 12.0. The lowest BCUT2D eigenvalue weighted by molar-refractivity contribution is 0.0696. The van der Waals surface area contributed by atoms with Crippen LogP contribution in [0.2, 0.25) is 5.02 Å². The molecule has 0 atom stereocenters. The highest BCUT2D eigenvalue weighted by Gasteiger charge is 2.12. The molecule has 0 aliphatic heterocycles. The Morgan fingerprint density at radius 3 is 2.62 bits per heavy atom. The Labute approximate surface area is 125 Å². The van der Waals surface area contributed by atoms with Crippen LogP contribution in [0.25, 0.3) is 0 Å². The number of nitrogens with zero attached hydrogens (tertiary/aromatic N) is 1. The maximum Gasteiger partial charge on any atom is 0.337 e. The normalized spacial score (nSPS) is 10.0. The van der Waals surface area contributed by atoms with Gasteiger partial charge in [0.05, 0.1) is 23.4 Å². The topological polar surface area (TPSA) is 88.5 Å². The smallest absolute Gasteiger partial charge is 0.337 e. The lowest BCUT2D eigenvalue weighted by Crippen LogP contribution is -2.14. The van der Waals surface area contributed by atoms with Crippen molar-refractivity contribution < 1.29 is 19.4 Å². The number of carbonyl (C=O) groups is 2. The molecular formula is C14H11ClN2O4. The van der Waals surface area contributed by atoms with Gasteiger partial charge in [-0.05, 0) is 24.3 Å². The second kappa shape index (κ2) is 6.23. The summed E-state index contributed by atoms with van der Waals surface area (Å²) in [6, 6.07) is 7.46. The van der Waals surface area contributed by atoms with Gasteiger partial charge >= 0.3 is 5.97 Å². The number of nitrogens with one attached hydrogen (secondary N) is 1. The van der Waals surface area contributed by atoms with Crippen LogP contribution in [0.4, 0.5) is 5.69 Å². The van der Waals surface area contributed by atoms with E-state index in [4.69, 9.17) is 21.4 Å². The molecule has 1 aromatic heterocycles. The Bertz CT molecular complexity index is 686. The highest BCUT2D eigenvalue weighted by atomic mass is 35.5. The number of benzene rings is 1. The first kappa shape index (κ1) is 14.8. The Morgan fingerprint density at radius 2 is 2.05 bits per heavy atom. The van der Waals surface area contributed by atoms with Gasteiger partial charge in [0.2, 0.25) is 0 Å². The van der Waals surface area contributed by atoms with Crippen molar-refractivity contribution in [3.63, 3.8) is 0 Å². The molecule has 0 saturated heterocycles. The molecule has 0 spiro atoms. The first-order valence-electron chi connectivity index (χ1n) is 5.85. The Hall–Kier alpha value is -2.60. The molecule has 2 N–H and O–H groups in total. The van der Waals surface area contributed by atoms with E-state index < -0.39 is 11.9 Å². The molecule has 2 rings (SSSR count). The van der Waals surface area contributed by atoms with E-state index in [0.29, 0.717) is 16.5 Å². The number of aromatic carboxylic acids is 1. The van der Waals surface area contributed by atoms with Gasteiger partial charge in [0, 0.05) is 12.3 Å². The third kappa shape index (κ3) is 3.49. The summed E-state index contributed by atoms with van der Waals surface area (Å²) < 4.78 is 5.05. The molecule has 2 aromatic rings. The third-order valence-electron chi connectivity index (χ3n) is 2.66. The van der Waals surface area contributed by atoms with Gasteiger partial charge in [-0.2, -0.15) is 0 Å². The van der Waals surface area contributed by atoms with Crippen molar-refractivity contribution >= 4 is 29.2 Å². The fourth-order valence-corrected chi connectivity index (χ4v) is 1.73. The quantitative estimate of drug-likeness (QED) is 0.906. The van der Waals surface area contributed by atoms with Crippen molar-refractivity contribution in [3.05, 3.63) is 52.8 Å². The van der Waals surface area contributed by atoms with Gasteiger partial charge in [0.15, 0.2) is 0 Å². The zero-order valence-corrected chi connectivity index (χ0v) is 11.7. The first-order valence-corrected chi connectivity index (χ1v) is 6.23. The molecule has 0 radical (unpaired) electrons. The summed E-state index contributed by atoms with van der Waals surface area (Å²) in [4.78, 5) is 26.5. The van der Waals surface area contributed by atoms with Crippen LogP contribution in [-0.4, -0.2) is 29.1 Å². The molecule has 0 unspecified atom stereocenters. The van der Waals surface area contributed by atoms with E-state index in [1.807, 2.05) is 0 Å². The van der Waals surface area contributed by atoms with E-state index in [1.165, 1.54) is 19.2 Å². The van der Waals surface area contributed by atoms with Crippen molar-refractivity contribution in [1.29, 1.82) is 0 Å². The number of anilines is 1. The average Bonchev–Trinajstić information content (AvgIpc) is 2.49. The van der Waals surface area contributed by atoms with Crippen molar-refractivity contribution in [2.24, 2.45) is 0 Å². The van der Waals surface area contributed by atoms with Gasteiger partial charge in [-0.1, -0.05) is 11.6 Å². The average molecular weight is 307 g/mol. The summed E-state index contributed by atoms with van der Waals surface area (Å²) in [6.45, 7) is 0. The number of amides is 1. The van der Waals surface area contributed by atoms with Gasteiger partial charge in [0.1, 0.15) is 11.4 Å². The molecule has 6 nitrogen and oxygen atoms in total. The zero-order valence-electron chi connectivity index (χ0n) is 11.0. The Kier molecular flexibility index (Phi) is 4.39. The van der Waals surface area contributed by atoms with Crippen LogP contribution in [0.5, 0.6) is 5.75 Å². The lowest BCUT2D eigenvalue weighted by atomic mass is 10.2. The van der Waals surface area contributed by atoms with Gasteiger partial charge in [0.25, 0.3) is 5.91 Å². The monoisotopic (exact) mass is 306 g/mol. The fourth-order valence-electron chi connectivity index (χ4n) is 1.57. The number of pyridine rings is 1. The molecule has 21 heavy (non-hydrogen) atoms. The van der Waals surface area contributed by atoms with E-state index in [-0.39, 0.29) is 11.3 Å². The number of rotatable bonds is 4. The zero-order chi connectivity index (χ0) is 15.4. The number of hydrogen-bond donors (Lipinski definition) is 2. The Balaban J connectivity index is 2.19. The van der Waals surface area contributed by atoms with Gasteiger partial charge in [-0.25, -0.2) is 4.79 Å². The molecule has 0 aliphatic rings. The van der Waals surface area contributed by atoms with E-state index in [1.54, 1.807) is 18.2 Å². The summed E-state index contributed by atoms with van der Waals surface area (Å²) in [5, 5.41) is 11.7. The SMILES string of the molecule is COc1ccc(Cl)c(NC(=O)c2ccc(C(=O)O)cn2)c1. The number of carboxylic acid groups (broad SMARTS) is 1. The molecule has 1 amide bonds. The van der Waals surface area contributed by atoms with Crippen LogP contribution in [-0.2, 0) is 0 Å². The van der Waals surface area contributed by atoms with Gasteiger partial charge in [-0.15, -0.1) is 0 Å². The number of halogens is 1. The number of aromatic nitrogens is 1. The minimum atomic E-state index is -1.11. The predicted molar refractivity (Wildman–Crippen MR) is 77.2 cm³/mol. The number of carbonyl (C=O) groups excluding carboxylic acids is 1. The van der Waals surface area contributed by atoms with E-state index >= 15 is 0 Å². The van der Waals surface area contributed by atoms with E-state index in [9.17, 15) is 9.59 Å². The van der Waals surface area contributed by atoms with Crippen LogP contribution in [0.15, 0.2) is 36.5 Å². The van der Waals surface area contributed by atoms with Crippen LogP contribution in [0.3, 0.4) is 0 Å². The van der Waals surface area contributed by atoms with Crippen LogP contribution < -0.4 is 10.1 Å². The summed E-state index contributed by atoms with van der Waals surface area (Å²) in [5.74, 6) is -1.06. The van der Waals surface area contributed by atoms with Crippen LogP contribution in [0.1, 0.15) is 20.8 Å². The van der Waals surface area contributed by atoms with E-state index in [0.717, 1.165) is 6.20 Å². The number of ether oxygens (including phenoxy) is 1. The number of hydrogen-bond acceptors (Lipinski definition) is 4. The summed E-state index contributed by atoms with van der Waals surface area (Å²) in [5.41, 5.74) is 0.468. The molecule has 0 fully saturated rings. The van der Waals surface area contributed by atoms with Crippen LogP contribution in [0, 0.1) is 0 Å². The summed E-state index contributed by atoms with van der Waals surface area (Å²) in [6.07, 6.45) is 1.12. The van der Waals surface area contributed by atoms with Gasteiger partial charge < -0.3 is 15.2 Å². The van der Waals surface area contributed by atoms with Crippen molar-refractivity contribution in [1.82, 2.24) is 4.98 Å². The molecule has 1 heterocycles. The van der Waals surface area contributed by atoms with Crippen molar-refractivity contribution in [3.8, 4) is 5.75 Å². The molecule has 1 aromatic carbocycles. The molecule has 7 heteroatoms.